The number of aryl methyl sites for hydroxylation is 1. The number of carboxylic acid groups (broad SMARTS) is 1. The molecule has 3 amide bonds. The first-order valence-corrected chi connectivity index (χ1v) is 12.4. The zero-order chi connectivity index (χ0) is 26.6. The van der Waals surface area contributed by atoms with E-state index >= 15 is 0 Å². The minimum atomic E-state index is -1.10. The van der Waals surface area contributed by atoms with Crippen LogP contribution in [0.3, 0.4) is 0 Å². The summed E-state index contributed by atoms with van der Waals surface area (Å²) < 4.78 is 0. The van der Waals surface area contributed by atoms with Gasteiger partial charge in [-0.2, -0.15) is 0 Å². The molecular formula is C29H33N3O5. The Morgan fingerprint density at radius 3 is 2.22 bits per heavy atom. The Labute approximate surface area is 216 Å². The van der Waals surface area contributed by atoms with E-state index in [1.807, 2.05) is 42.5 Å². The number of primary amides is 1. The average molecular weight is 504 g/mol. The van der Waals surface area contributed by atoms with Crippen molar-refractivity contribution in [2.45, 2.75) is 57.0 Å². The predicted octanol–water partition coefficient (Wildman–Crippen LogP) is 2.92. The molecular weight excluding hydrogens is 470 g/mol. The van der Waals surface area contributed by atoms with E-state index in [-0.39, 0.29) is 31.6 Å². The Morgan fingerprint density at radius 1 is 0.865 bits per heavy atom. The molecule has 0 heterocycles. The van der Waals surface area contributed by atoms with Gasteiger partial charge >= 0.3 is 5.97 Å². The lowest BCUT2D eigenvalue weighted by Crippen LogP contribution is -2.53. The van der Waals surface area contributed by atoms with Crippen LogP contribution >= 0.6 is 0 Å². The van der Waals surface area contributed by atoms with E-state index in [2.05, 4.69) is 28.9 Å². The van der Waals surface area contributed by atoms with Crippen molar-refractivity contribution in [2.24, 2.45) is 5.73 Å². The lowest BCUT2D eigenvalue weighted by atomic mass is 9.98. The molecule has 1 aliphatic carbocycles. The van der Waals surface area contributed by atoms with Gasteiger partial charge in [0.15, 0.2) is 0 Å². The summed E-state index contributed by atoms with van der Waals surface area (Å²) in [5.74, 6) is -2.84. The summed E-state index contributed by atoms with van der Waals surface area (Å²) in [5, 5.41) is 14.3. The van der Waals surface area contributed by atoms with E-state index in [0.717, 1.165) is 29.5 Å². The maximum atomic E-state index is 12.9. The van der Waals surface area contributed by atoms with Crippen molar-refractivity contribution in [2.75, 3.05) is 0 Å². The van der Waals surface area contributed by atoms with Gasteiger partial charge in [-0.1, -0.05) is 72.8 Å². The van der Waals surface area contributed by atoms with Crippen LogP contribution in [0.4, 0.5) is 0 Å². The molecule has 0 aromatic heterocycles. The van der Waals surface area contributed by atoms with Gasteiger partial charge in [0, 0.05) is 19.3 Å². The fourth-order valence-corrected chi connectivity index (χ4v) is 4.10. The molecule has 0 bridgehead atoms. The van der Waals surface area contributed by atoms with Crippen LogP contribution in [0.5, 0.6) is 0 Å². The maximum absolute atomic E-state index is 12.9. The highest BCUT2D eigenvalue weighted by atomic mass is 16.4. The van der Waals surface area contributed by atoms with Crippen molar-refractivity contribution < 1.29 is 24.3 Å². The quantitative estimate of drug-likeness (QED) is 0.333. The van der Waals surface area contributed by atoms with E-state index in [9.17, 15) is 19.2 Å². The number of rotatable bonds is 13. The van der Waals surface area contributed by atoms with Crippen LogP contribution in [-0.2, 0) is 32.0 Å². The SMILES string of the molecule is NC(=O)[C@H](Cc1ccccc1)NC(=O)C(CCC(=O)O)NC(=O)CCc1ccc(C2=CCCC=C2)cc1. The summed E-state index contributed by atoms with van der Waals surface area (Å²) in [6.45, 7) is 0. The third-order valence-electron chi connectivity index (χ3n) is 6.16. The molecule has 0 radical (unpaired) electrons. The van der Waals surface area contributed by atoms with Gasteiger partial charge in [0.25, 0.3) is 0 Å². The van der Waals surface area contributed by atoms with Gasteiger partial charge in [-0.05, 0) is 47.9 Å². The zero-order valence-electron chi connectivity index (χ0n) is 20.7. The van der Waals surface area contributed by atoms with Crippen molar-refractivity contribution in [1.82, 2.24) is 10.6 Å². The lowest BCUT2D eigenvalue weighted by molar-refractivity contribution is -0.138. The molecule has 1 aliphatic rings. The molecule has 2 aromatic carbocycles. The van der Waals surface area contributed by atoms with Crippen LogP contribution in [0.2, 0.25) is 0 Å². The Morgan fingerprint density at radius 2 is 1.59 bits per heavy atom. The third-order valence-corrected chi connectivity index (χ3v) is 6.16. The summed E-state index contributed by atoms with van der Waals surface area (Å²) in [6.07, 6.45) is 8.89. The monoisotopic (exact) mass is 503 g/mol. The van der Waals surface area contributed by atoms with Crippen molar-refractivity contribution >= 4 is 29.3 Å². The van der Waals surface area contributed by atoms with Crippen molar-refractivity contribution in [3.63, 3.8) is 0 Å². The van der Waals surface area contributed by atoms with Gasteiger partial charge in [0.1, 0.15) is 12.1 Å². The highest BCUT2D eigenvalue weighted by Gasteiger charge is 2.26. The second-order valence-corrected chi connectivity index (χ2v) is 9.04. The fraction of sp³-hybridized carbons (Fsp3) is 0.310. The standard InChI is InChI=1S/C29H33N3O5/c30-28(36)25(19-21-7-3-1-4-8-21)32-29(37)24(16-18-27(34)35)31-26(33)17-13-20-11-14-23(15-12-20)22-9-5-2-6-10-22/h1,3-5,7-12,14-15,24-25H,2,6,13,16-19H2,(H2,30,36)(H,31,33)(H,32,37)(H,34,35)/t24?,25-/m0/s1. The summed E-state index contributed by atoms with van der Waals surface area (Å²) in [7, 11) is 0. The molecule has 0 saturated carbocycles. The lowest BCUT2D eigenvalue weighted by Gasteiger charge is -2.22. The zero-order valence-corrected chi connectivity index (χ0v) is 20.7. The number of hydrogen-bond acceptors (Lipinski definition) is 4. The van der Waals surface area contributed by atoms with Gasteiger partial charge < -0.3 is 21.5 Å². The molecule has 5 N–H and O–H groups in total. The van der Waals surface area contributed by atoms with Crippen molar-refractivity contribution in [3.05, 3.63) is 89.5 Å². The molecule has 8 heteroatoms. The number of amides is 3. The molecule has 2 aromatic rings. The topological polar surface area (TPSA) is 139 Å². The molecule has 194 valence electrons. The molecule has 0 fully saturated rings. The van der Waals surface area contributed by atoms with Gasteiger partial charge in [-0.15, -0.1) is 0 Å². The third kappa shape index (κ3) is 9.07. The van der Waals surface area contributed by atoms with Crippen LogP contribution in [-0.4, -0.2) is 40.9 Å². The maximum Gasteiger partial charge on any atom is 0.303 e. The van der Waals surface area contributed by atoms with Crippen molar-refractivity contribution in [3.8, 4) is 0 Å². The fourth-order valence-electron chi connectivity index (χ4n) is 4.10. The highest BCUT2D eigenvalue weighted by Crippen LogP contribution is 2.21. The highest BCUT2D eigenvalue weighted by molar-refractivity contribution is 5.92. The van der Waals surface area contributed by atoms with Crippen molar-refractivity contribution in [1.29, 1.82) is 0 Å². The second kappa shape index (κ2) is 13.8. The number of hydrogen-bond donors (Lipinski definition) is 4. The Hall–Kier alpha value is -4.20. The molecule has 1 unspecified atom stereocenters. The first-order valence-electron chi connectivity index (χ1n) is 12.4. The van der Waals surface area contributed by atoms with E-state index in [1.54, 1.807) is 12.1 Å². The summed E-state index contributed by atoms with van der Waals surface area (Å²) >= 11 is 0. The number of allylic oxidation sites excluding steroid dienone is 4. The molecule has 0 saturated heterocycles. The number of carbonyl (C=O) groups is 4. The molecule has 3 rings (SSSR count). The normalized spacial score (nSPS) is 14.2. The molecule has 2 atom stereocenters. The number of nitrogens with one attached hydrogen (secondary N) is 2. The van der Waals surface area contributed by atoms with Crippen LogP contribution in [0, 0.1) is 0 Å². The van der Waals surface area contributed by atoms with Gasteiger partial charge in [-0.3, -0.25) is 19.2 Å². The summed E-state index contributed by atoms with van der Waals surface area (Å²) in [5.41, 5.74) is 9.57. The van der Waals surface area contributed by atoms with E-state index in [0.29, 0.717) is 6.42 Å². The van der Waals surface area contributed by atoms with Crippen LogP contribution < -0.4 is 16.4 Å². The summed E-state index contributed by atoms with van der Waals surface area (Å²) in [6, 6.07) is 15.0. The van der Waals surface area contributed by atoms with Crippen LogP contribution in [0.1, 0.15) is 48.8 Å². The van der Waals surface area contributed by atoms with E-state index in [4.69, 9.17) is 10.8 Å². The predicted molar refractivity (Wildman–Crippen MR) is 141 cm³/mol. The number of aliphatic carboxylic acids is 1. The van der Waals surface area contributed by atoms with Crippen LogP contribution in [0.15, 0.2) is 72.8 Å². The van der Waals surface area contributed by atoms with Gasteiger partial charge in [0.05, 0.1) is 0 Å². The molecule has 8 nitrogen and oxygen atoms in total. The first-order chi connectivity index (χ1) is 17.8. The largest absolute Gasteiger partial charge is 0.481 e. The number of carboxylic acids is 1. The molecule has 37 heavy (non-hydrogen) atoms. The number of carbonyl (C=O) groups excluding carboxylic acids is 3. The summed E-state index contributed by atoms with van der Waals surface area (Å²) in [4.78, 5) is 48.6. The minimum absolute atomic E-state index is 0.110. The minimum Gasteiger partial charge on any atom is -0.481 e. The van der Waals surface area contributed by atoms with E-state index in [1.165, 1.54) is 5.57 Å². The average Bonchev–Trinajstić information content (AvgIpc) is 2.90. The Bertz CT molecular complexity index is 1160. The Kier molecular flexibility index (Phi) is 10.2. The van der Waals surface area contributed by atoms with E-state index < -0.39 is 29.9 Å². The number of nitrogens with two attached hydrogens (primary N) is 1. The molecule has 0 spiro atoms. The molecule has 0 aliphatic heterocycles. The smallest absolute Gasteiger partial charge is 0.303 e. The van der Waals surface area contributed by atoms with Crippen LogP contribution in [0.25, 0.3) is 5.57 Å². The number of benzene rings is 2. The van der Waals surface area contributed by atoms with Gasteiger partial charge in [-0.25, -0.2) is 0 Å². The first kappa shape index (κ1) is 27.4. The Balaban J connectivity index is 1.58. The van der Waals surface area contributed by atoms with Gasteiger partial charge in [0.2, 0.25) is 17.7 Å². The second-order valence-electron chi connectivity index (χ2n) is 9.04.